The van der Waals surface area contributed by atoms with Crippen LogP contribution in [-0.2, 0) is 6.54 Å². The van der Waals surface area contributed by atoms with E-state index < -0.39 is 0 Å². The van der Waals surface area contributed by atoms with Gasteiger partial charge in [-0.1, -0.05) is 12.1 Å². The van der Waals surface area contributed by atoms with Gasteiger partial charge in [0.05, 0.1) is 30.0 Å². The number of hydrogen-bond acceptors (Lipinski definition) is 3. The van der Waals surface area contributed by atoms with Crippen LogP contribution >= 0.6 is 0 Å². The number of carbonyl (C=O) groups excluding carboxylic acids is 1. The predicted molar refractivity (Wildman–Crippen MR) is 84.6 cm³/mol. The van der Waals surface area contributed by atoms with Crippen LogP contribution in [0.4, 0.5) is 4.79 Å². The average molecular weight is 302 g/mol. The van der Waals surface area contributed by atoms with Crippen LogP contribution < -0.4 is 5.32 Å². The van der Waals surface area contributed by atoms with Gasteiger partial charge in [0.25, 0.3) is 0 Å². The van der Waals surface area contributed by atoms with Crippen LogP contribution in [0.3, 0.4) is 0 Å². The molecule has 0 unspecified atom stereocenters. The number of amides is 2. The highest BCUT2D eigenvalue weighted by Crippen LogP contribution is 2.16. The Morgan fingerprint density at radius 2 is 2.27 bits per heavy atom. The standard InChI is InChI=1S/C16H22N4O2/c21-11-13-5-3-10-20(13)16(22)17-8-4-9-19-12-18-14-6-1-2-7-15(14)19/h1-2,6-7,12-13,21H,3-5,8-11H2,(H,17,22)/t13-/m0/s1. The summed E-state index contributed by atoms with van der Waals surface area (Å²) in [5.41, 5.74) is 2.11. The van der Waals surface area contributed by atoms with Gasteiger partial charge in [0.1, 0.15) is 0 Å². The molecule has 118 valence electrons. The van der Waals surface area contributed by atoms with Gasteiger partial charge >= 0.3 is 6.03 Å². The smallest absolute Gasteiger partial charge is 0.317 e. The molecule has 6 heteroatoms. The van der Waals surface area contributed by atoms with Gasteiger partial charge in [0.2, 0.25) is 0 Å². The highest BCUT2D eigenvalue weighted by Gasteiger charge is 2.27. The third kappa shape index (κ3) is 3.06. The van der Waals surface area contributed by atoms with Gasteiger partial charge in [0, 0.05) is 19.6 Å². The minimum atomic E-state index is -0.0629. The Morgan fingerprint density at radius 3 is 3.14 bits per heavy atom. The molecule has 1 saturated heterocycles. The van der Waals surface area contributed by atoms with Gasteiger partial charge in [-0.25, -0.2) is 9.78 Å². The molecule has 0 bridgehead atoms. The molecule has 1 aliphatic heterocycles. The zero-order chi connectivity index (χ0) is 15.4. The molecular formula is C16H22N4O2. The number of fused-ring (bicyclic) bond motifs is 1. The number of likely N-dealkylation sites (tertiary alicyclic amines) is 1. The molecule has 6 nitrogen and oxygen atoms in total. The van der Waals surface area contributed by atoms with Crippen LogP contribution in [0.1, 0.15) is 19.3 Å². The number of rotatable bonds is 5. The summed E-state index contributed by atoms with van der Waals surface area (Å²) in [6.45, 7) is 2.24. The van der Waals surface area contributed by atoms with Crippen molar-refractivity contribution >= 4 is 17.1 Å². The van der Waals surface area contributed by atoms with Crippen LogP contribution in [-0.4, -0.2) is 51.3 Å². The van der Waals surface area contributed by atoms with Gasteiger partial charge in [-0.05, 0) is 31.4 Å². The Kier molecular flexibility index (Phi) is 4.58. The number of nitrogens with one attached hydrogen (secondary N) is 1. The maximum Gasteiger partial charge on any atom is 0.317 e. The summed E-state index contributed by atoms with van der Waals surface area (Å²) in [7, 11) is 0. The molecule has 1 aromatic heterocycles. The van der Waals surface area contributed by atoms with E-state index in [1.54, 1.807) is 4.90 Å². The topological polar surface area (TPSA) is 70.4 Å². The highest BCUT2D eigenvalue weighted by atomic mass is 16.3. The van der Waals surface area contributed by atoms with E-state index in [1.807, 2.05) is 24.5 Å². The normalized spacial score (nSPS) is 18.0. The third-order valence-corrected chi connectivity index (χ3v) is 4.23. The first kappa shape index (κ1) is 14.8. The van der Waals surface area contributed by atoms with Gasteiger partial charge in [-0.3, -0.25) is 0 Å². The third-order valence-electron chi connectivity index (χ3n) is 4.23. The zero-order valence-electron chi connectivity index (χ0n) is 12.6. The largest absolute Gasteiger partial charge is 0.394 e. The summed E-state index contributed by atoms with van der Waals surface area (Å²) in [6, 6.07) is 7.95. The number of nitrogens with zero attached hydrogens (tertiary/aromatic N) is 3. The second-order valence-corrected chi connectivity index (χ2v) is 5.68. The first-order chi connectivity index (χ1) is 10.8. The summed E-state index contributed by atoms with van der Waals surface area (Å²) in [5.74, 6) is 0. The molecule has 2 heterocycles. The molecule has 2 N–H and O–H groups in total. The summed E-state index contributed by atoms with van der Waals surface area (Å²) in [5, 5.41) is 12.2. The van der Waals surface area contributed by atoms with Crippen molar-refractivity contribution in [1.29, 1.82) is 0 Å². The number of aryl methyl sites for hydroxylation is 1. The van der Waals surface area contributed by atoms with E-state index in [4.69, 9.17) is 0 Å². The number of urea groups is 1. The Morgan fingerprint density at radius 1 is 1.41 bits per heavy atom. The quantitative estimate of drug-likeness (QED) is 0.824. The summed E-state index contributed by atoms with van der Waals surface area (Å²) >= 11 is 0. The number of aliphatic hydroxyl groups excluding tert-OH is 1. The number of hydrogen-bond donors (Lipinski definition) is 2. The molecule has 1 atom stereocenters. The van der Waals surface area contributed by atoms with E-state index in [2.05, 4.69) is 20.9 Å². The average Bonchev–Trinajstić information content (AvgIpc) is 3.18. The predicted octanol–water partition coefficient (Wildman–Crippen LogP) is 1.59. The van der Waals surface area contributed by atoms with E-state index in [9.17, 15) is 9.90 Å². The van der Waals surface area contributed by atoms with Gasteiger partial charge < -0.3 is 19.9 Å². The Labute approximate surface area is 129 Å². The number of imidazole rings is 1. The monoisotopic (exact) mass is 302 g/mol. The molecule has 22 heavy (non-hydrogen) atoms. The van der Waals surface area contributed by atoms with Crippen LogP contribution in [0.5, 0.6) is 0 Å². The number of aliphatic hydroxyl groups is 1. The minimum Gasteiger partial charge on any atom is -0.394 e. The Hall–Kier alpha value is -2.08. The first-order valence-electron chi connectivity index (χ1n) is 7.85. The summed E-state index contributed by atoms with van der Waals surface area (Å²) < 4.78 is 2.11. The van der Waals surface area contributed by atoms with Crippen molar-refractivity contribution in [1.82, 2.24) is 19.8 Å². The van der Waals surface area contributed by atoms with Crippen LogP contribution in [0.15, 0.2) is 30.6 Å². The van der Waals surface area contributed by atoms with Crippen LogP contribution in [0.25, 0.3) is 11.0 Å². The second-order valence-electron chi connectivity index (χ2n) is 5.68. The number of aromatic nitrogens is 2. The maximum atomic E-state index is 12.1. The first-order valence-corrected chi connectivity index (χ1v) is 7.85. The van der Waals surface area contributed by atoms with Crippen LogP contribution in [0.2, 0.25) is 0 Å². The van der Waals surface area contributed by atoms with Crippen molar-refractivity contribution in [3.63, 3.8) is 0 Å². The lowest BCUT2D eigenvalue weighted by molar-refractivity contribution is 0.157. The molecule has 1 fully saturated rings. The van der Waals surface area contributed by atoms with Crippen molar-refractivity contribution < 1.29 is 9.90 Å². The summed E-state index contributed by atoms with van der Waals surface area (Å²) in [4.78, 5) is 18.2. The van der Waals surface area contributed by atoms with E-state index in [0.717, 1.165) is 43.4 Å². The lowest BCUT2D eigenvalue weighted by atomic mass is 10.2. The molecule has 0 aliphatic carbocycles. The zero-order valence-corrected chi connectivity index (χ0v) is 12.6. The molecule has 0 spiro atoms. The van der Waals surface area contributed by atoms with E-state index in [0.29, 0.717) is 6.54 Å². The fraction of sp³-hybridized carbons (Fsp3) is 0.500. The van der Waals surface area contributed by atoms with Crippen molar-refractivity contribution in [3.05, 3.63) is 30.6 Å². The van der Waals surface area contributed by atoms with Crippen LogP contribution in [0, 0.1) is 0 Å². The molecule has 0 saturated carbocycles. The Bertz CT molecular complexity index is 640. The fourth-order valence-corrected chi connectivity index (χ4v) is 3.03. The fourth-order valence-electron chi connectivity index (χ4n) is 3.03. The van der Waals surface area contributed by atoms with Crippen molar-refractivity contribution in [2.45, 2.75) is 31.8 Å². The van der Waals surface area contributed by atoms with E-state index >= 15 is 0 Å². The highest BCUT2D eigenvalue weighted by molar-refractivity contribution is 5.75. The van der Waals surface area contributed by atoms with Gasteiger partial charge in [0.15, 0.2) is 0 Å². The van der Waals surface area contributed by atoms with Gasteiger partial charge in [-0.2, -0.15) is 0 Å². The molecule has 1 aromatic carbocycles. The molecule has 2 aromatic rings. The van der Waals surface area contributed by atoms with Gasteiger partial charge in [-0.15, -0.1) is 0 Å². The van der Waals surface area contributed by atoms with E-state index in [-0.39, 0.29) is 18.7 Å². The molecule has 2 amide bonds. The summed E-state index contributed by atoms with van der Waals surface area (Å²) in [6.07, 6.45) is 4.56. The second kappa shape index (κ2) is 6.79. The number of para-hydroxylation sites is 2. The molecule has 1 aliphatic rings. The Balaban J connectivity index is 1.46. The SMILES string of the molecule is O=C(NCCCn1cnc2ccccc21)N1CCC[C@H]1CO. The number of benzene rings is 1. The molecule has 3 rings (SSSR count). The molecular weight excluding hydrogens is 280 g/mol. The lowest BCUT2D eigenvalue weighted by Gasteiger charge is -2.23. The van der Waals surface area contributed by atoms with Crippen molar-refractivity contribution in [3.8, 4) is 0 Å². The van der Waals surface area contributed by atoms with Crippen molar-refractivity contribution in [2.75, 3.05) is 19.7 Å². The molecule has 0 radical (unpaired) electrons. The lowest BCUT2D eigenvalue weighted by Crippen LogP contribution is -2.44. The minimum absolute atomic E-state index is 0.0161. The van der Waals surface area contributed by atoms with E-state index in [1.165, 1.54) is 0 Å². The number of carbonyl (C=O) groups is 1. The van der Waals surface area contributed by atoms with Crippen molar-refractivity contribution in [2.24, 2.45) is 0 Å². The maximum absolute atomic E-state index is 12.1.